The van der Waals surface area contributed by atoms with E-state index in [0.29, 0.717) is 5.56 Å². The number of hydrogen-bond acceptors (Lipinski definition) is 3. The molecule has 1 saturated heterocycles. The van der Waals surface area contributed by atoms with Gasteiger partial charge in [0, 0.05) is 36.2 Å². The van der Waals surface area contributed by atoms with Crippen LogP contribution in [0.3, 0.4) is 0 Å². The third-order valence-electron chi connectivity index (χ3n) is 3.27. The Balaban J connectivity index is 0.00000242. The number of hydrogen-bond donors (Lipinski definition) is 2. The summed E-state index contributed by atoms with van der Waals surface area (Å²) in [7, 11) is 0. The number of halogens is 4. The van der Waals surface area contributed by atoms with Gasteiger partial charge >= 0.3 is 6.18 Å². The normalized spacial score (nSPS) is 18.5. The smallest absolute Gasteiger partial charge is 0.326 e. The summed E-state index contributed by atoms with van der Waals surface area (Å²) >= 11 is 1.77. The van der Waals surface area contributed by atoms with E-state index in [1.54, 1.807) is 18.7 Å². The number of carbonyl (C=O) groups is 1. The van der Waals surface area contributed by atoms with Crippen molar-refractivity contribution in [1.29, 1.82) is 0 Å². The molecule has 1 heterocycles. The topological polar surface area (TPSA) is 41.1 Å². The highest BCUT2D eigenvalue weighted by molar-refractivity contribution is 7.99. The zero-order valence-electron chi connectivity index (χ0n) is 12.0. The summed E-state index contributed by atoms with van der Waals surface area (Å²) in [6.45, 7) is 2.52. The molecule has 0 aliphatic carbocycles. The maximum Gasteiger partial charge on any atom is 0.416 e. The lowest BCUT2D eigenvalue weighted by Crippen LogP contribution is -2.39. The monoisotopic (exact) mass is 354 g/mol. The number of carbonyl (C=O) groups excluding carboxylic acids is 1. The van der Waals surface area contributed by atoms with E-state index in [1.165, 1.54) is 6.07 Å². The third kappa shape index (κ3) is 5.37. The van der Waals surface area contributed by atoms with Gasteiger partial charge in [0.25, 0.3) is 0 Å². The molecular weight excluding hydrogens is 337 g/mol. The minimum Gasteiger partial charge on any atom is -0.326 e. The van der Waals surface area contributed by atoms with Crippen LogP contribution in [0.15, 0.2) is 18.2 Å². The number of rotatable bonds is 3. The van der Waals surface area contributed by atoms with Gasteiger partial charge in [0.05, 0.1) is 5.56 Å². The number of benzene rings is 1. The van der Waals surface area contributed by atoms with Gasteiger partial charge in [-0.25, -0.2) is 0 Å². The van der Waals surface area contributed by atoms with Crippen molar-refractivity contribution in [3.8, 4) is 0 Å². The van der Waals surface area contributed by atoms with Crippen LogP contribution in [0.1, 0.15) is 17.5 Å². The second-order valence-corrected chi connectivity index (χ2v) is 6.16. The van der Waals surface area contributed by atoms with Gasteiger partial charge in [-0.15, -0.1) is 12.4 Å². The van der Waals surface area contributed by atoms with Gasteiger partial charge in [-0.1, -0.05) is 6.07 Å². The molecule has 22 heavy (non-hydrogen) atoms. The molecule has 1 amide bonds. The molecule has 1 atom stereocenters. The Morgan fingerprint density at radius 2 is 2.18 bits per heavy atom. The number of anilines is 1. The Bertz CT molecular complexity index is 519. The fourth-order valence-corrected chi connectivity index (χ4v) is 3.06. The summed E-state index contributed by atoms with van der Waals surface area (Å²) in [4.78, 5) is 12.0. The molecule has 2 rings (SSSR count). The lowest BCUT2D eigenvalue weighted by Gasteiger charge is -2.22. The van der Waals surface area contributed by atoms with Crippen LogP contribution in [0.2, 0.25) is 0 Å². The van der Waals surface area contributed by atoms with Crippen molar-refractivity contribution in [3.63, 3.8) is 0 Å². The molecule has 3 nitrogen and oxygen atoms in total. The van der Waals surface area contributed by atoms with Crippen molar-refractivity contribution in [2.24, 2.45) is 0 Å². The molecule has 1 fully saturated rings. The van der Waals surface area contributed by atoms with E-state index in [9.17, 15) is 18.0 Å². The van der Waals surface area contributed by atoms with E-state index in [-0.39, 0.29) is 36.5 Å². The first-order chi connectivity index (χ1) is 9.86. The number of nitrogens with one attached hydrogen (secondary N) is 2. The summed E-state index contributed by atoms with van der Waals surface area (Å²) in [6.07, 6.45) is -4.14. The molecule has 0 saturated carbocycles. The van der Waals surface area contributed by atoms with E-state index in [4.69, 9.17) is 0 Å². The summed E-state index contributed by atoms with van der Waals surface area (Å²) in [5.74, 6) is 1.59. The number of aryl methyl sites for hydroxylation is 1. The zero-order chi connectivity index (χ0) is 15.5. The molecular formula is C14H18ClF3N2OS. The SMILES string of the molecule is Cc1ccc(C(F)(F)F)cc1NC(=O)CC1CSCCN1.Cl. The highest BCUT2D eigenvalue weighted by atomic mass is 35.5. The summed E-state index contributed by atoms with van der Waals surface area (Å²) in [5.41, 5.74) is 0.0790. The lowest BCUT2D eigenvalue weighted by molar-refractivity contribution is -0.137. The van der Waals surface area contributed by atoms with Gasteiger partial charge in [-0.05, 0) is 24.6 Å². The summed E-state index contributed by atoms with van der Waals surface area (Å²) in [5, 5.41) is 5.81. The molecule has 0 spiro atoms. The molecule has 2 N–H and O–H groups in total. The molecule has 0 bridgehead atoms. The first-order valence-electron chi connectivity index (χ1n) is 6.65. The molecule has 0 radical (unpaired) electrons. The summed E-state index contributed by atoms with van der Waals surface area (Å²) in [6, 6.07) is 3.45. The van der Waals surface area contributed by atoms with Crippen LogP contribution in [0.25, 0.3) is 0 Å². The van der Waals surface area contributed by atoms with E-state index in [0.717, 1.165) is 30.2 Å². The zero-order valence-corrected chi connectivity index (χ0v) is 13.6. The molecule has 1 aromatic rings. The Morgan fingerprint density at radius 3 is 2.77 bits per heavy atom. The Labute approximate surface area is 137 Å². The molecule has 1 aromatic carbocycles. The Kier molecular flexibility index (Phi) is 7.02. The largest absolute Gasteiger partial charge is 0.416 e. The van der Waals surface area contributed by atoms with Crippen LogP contribution in [-0.4, -0.2) is 30.0 Å². The van der Waals surface area contributed by atoms with Crippen molar-refractivity contribution in [3.05, 3.63) is 29.3 Å². The average Bonchev–Trinajstić information content (AvgIpc) is 2.41. The van der Waals surface area contributed by atoms with Crippen molar-refractivity contribution in [1.82, 2.24) is 5.32 Å². The molecule has 124 valence electrons. The summed E-state index contributed by atoms with van der Waals surface area (Å²) < 4.78 is 38.1. The van der Waals surface area contributed by atoms with Gasteiger partial charge < -0.3 is 10.6 Å². The van der Waals surface area contributed by atoms with Crippen LogP contribution in [-0.2, 0) is 11.0 Å². The van der Waals surface area contributed by atoms with Gasteiger partial charge in [0.1, 0.15) is 0 Å². The molecule has 8 heteroatoms. The van der Waals surface area contributed by atoms with Crippen molar-refractivity contribution in [2.75, 3.05) is 23.4 Å². The van der Waals surface area contributed by atoms with E-state index in [1.807, 2.05) is 0 Å². The van der Waals surface area contributed by atoms with Crippen LogP contribution in [0.5, 0.6) is 0 Å². The highest BCUT2D eigenvalue weighted by Gasteiger charge is 2.31. The predicted octanol–water partition coefficient (Wildman–Crippen LogP) is 3.47. The van der Waals surface area contributed by atoms with Gasteiger partial charge in [-0.2, -0.15) is 24.9 Å². The minimum absolute atomic E-state index is 0. The first-order valence-corrected chi connectivity index (χ1v) is 7.80. The standard InChI is InChI=1S/C14H17F3N2OS.ClH/c1-9-2-3-10(14(15,16)17)6-12(9)19-13(20)7-11-8-21-5-4-18-11;/h2-3,6,11,18H,4-5,7-8H2,1H3,(H,19,20);1H. The van der Waals surface area contributed by atoms with Crippen LogP contribution in [0, 0.1) is 6.92 Å². The fraction of sp³-hybridized carbons (Fsp3) is 0.500. The van der Waals surface area contributed by atoms with E-state index >= 15 is 0 Å². The Hall–Kier alpha value is -0.920. The second kappa shape index (κ2) is 8.08. The molecule has 0 aromatic heterocycles. The quantitative estimate of drug-likeness (QED) is 0.873. The van der Waals surface area contributed by atoms with Crippen molar-refractivity contribution in [2.45, 2.75) is 25.6 Å². The molecule has 1 aliphatic rings. The first kappa shape index (κ1) is 19.1. The second-order valence-electron chi connectivity index (χ2n) is 5.01. The van der Waals surface area contributed by atoms with Crippen LogP contribution in [0.4, 0.5) is 18.9 Å². The number of alkyl halides is 3. The Morgan fingerprint density at radius 1 is 1.45 bits per heavy atom. The lowest BCUT2D eigenvalue weighted by atomic mass is 10.1. The molecule has 1 unspecified atom stereocenters. The van der Waals surface area contributed by atoms with Crippen molar-refractivity contribution < 1.29 is 18.0 Å². The fourth-order valence-electron chi connectivity index (χ4n) is 2.11. The molecule has 1 aliphatic heterocycles. The highest BCUT2D eigenvalue weighted by Crippen LogP contribution is 2.32. The van der Waals surface area contributed by atoms with Crippen molar-refractivity contribution >= 4 is 35.8 Å². The van der Waals surface area contributed by atoms with Crippen LogP contribution >= 0.6 is 24.2 Å². The predicted molar refractivity (Wildman–Crippen MR) is 85.8 cm³/mol. The van der Waals surface area contributed by atoms with Crippen LogP contribution < -0.4 is 10.6 Å². The van der Waals surface area contributed by atoms with E-state index < -0.39 is 11.7 Å². The van der Waals surface area contributed by atoms with Gasteiger partial charge in [-0.3, -0.25) is 4.79 Å². The average molecular weight is 355 g/mol. The van der Waals surface area contributed by atoms with Gasteiger partial charge in [0.15, 0.2) is 0 Å². The maximum atomic E-state index is 12.7. The van der Waals surface area contributed by atoms with E-state index in [2.05, 4.69) is 10.6 Å². The van der Waals surface area contributed by atoms with Gasteiger partial charge in [0.2, 0.25) is 5.91 Å². The minimum atomic E-state index is -4.41. The third-order valence-corrected chi connectivity index (χ3v) is 4.40. The maximum absolute atomic E-state index is 12.7. The number of amides is 1. The number of thioether (sulfide) groups is 1.